The van der Waals surface area contributed by atoms with E-state index in [1.807, 2.05) is 0 Å². The van der Waals surface area contributed by atoms with Crippen LogP contribution >= 0.6 is 0 Å². The van der Waals surface area contributed by atoms with Crippen molar-refractivity contribution in [1.29, 1.82) is 0 Å². The number of benzene rings is 2. The van der Waals surface area contributed by atoms with Crippen LogP contribution in [0.3, 0.4) is 0 Å². The minimum absolute atomic E-state index is 0.0151. The third kappa shape index (κ3) is 4.21. The number of allylic oxidation sites excluding steroid dienone is 4. The van der Waals surface area contributed by atoms with Crippen LogP contribution < -0.4 is 0 Å². The van der Waals surface area contributed by atoms with Gasteiger partial charge in [0.1, 0.15) is 0 Å². The van der Waals surface area contributed by atoms with Gasteiger partial charge in [-0.1, -0.05) is 68.4 Å². The number of hydrogen-bond donors (Lipinski definition) is 0. The van der Waals surface area contributed by atoms with E-state index in [0.29, 0.717) is 22.7 Å². The van der Waals surface area contributed by atoms with Gasteiger partial charge in [0.2, 0.25) is 0 Å². The smallest absolute Gasteiger partial charge is 0.182 e. The van der Waals surface area contributed by atoms with E-state index in [1.54, 1.807) is 6.08 Å². The summed E-state index contributed by atoms with van der Waals surface area (Å²) in [5, 5.41) is 0. The van der Waals surface area contributed by atoms with Gasteiger partial charge in [-0.15, -0.1) is 0 Å². The fourth-order valence-corrected chi connectivity index (χ4v) is 10.3. The zero-order valence-electron chi connectivity index (χ0n) is 23.6. The van der Waals surface area contributed by atoms with Crippen molar-refractivity contribution >= 4 is 11.6 Å². The summed E-state index contributed by atoms with van der Waals surface area (Å²) in [6.45, 7) is 5.22. The lowest BCUT2D eigenvalue weighted by atomic mass is 9.44. The van der Waals surface area contributed by atoms with Crippen molar-refractivity contribution in [3.63, 3.8) is 0 Å². The highest BCUT2D eigenvalue weighted by Gasteiger charge is 2.59. The summed E-state index contributed by atoms with van der Waals surface area (Å²) in [7, 11) is 0. The van der Waals surface area contributed by atoms with E-state index in [2.05, 4.69) is 68.4 Å². The van der Waals surface area contributed by atoms with Crippen molar-refractivity contribution in [1.82, 2.24) is 0 Å². The quantitative estimate of drug-likeness (QED) is 0.381. The Kier molecular flexibility index (Phi) is 6.10. The van der Waals surface area contributed by atoms with Crippen molar-refractivity contribution in [2.75, 3.05) is 0 Å². The van der Waals surface area contributed by atoms with E-state index in [4.69, 9.17) is 0 Å². The molecule has 0 aromatic heterocycles. The second-order valence-corrected chi connectivity index (χ2v) is 14.1. The molecule has 0 aliphatic heterocycles. The first-order valence-corrected chi connectivity index (χ1v) is 15.5. The van der Waals surface area contributed by atoms with Crippen LogP contribution in [0.15, 0.2) is 78.4 Å². The number of fused-ring (bicyclic) bond motifs is 5. The van der Waals surface area contributed by atoms with Crippen molar-refractivity contribution in [2.24, 2.45) is 40.4 Å². The normalized spacial score (nSPS) is 39.5. The van der Waals surface area contributed by atoms with Gasteiger partial charge in [-0.2, -0.15) is 0 Å². The molecule has 2 unspecified atom stereocenters. The molecule has 2 heteroatoms. The topological polar surface area (TPSA) is 34.1 Å². The van der Waals surface area contributed by atoms with Crippen LogP contribution in [0.2, 0.25) is 0 Å². The fraction of sp³-hybridized carbons (Fsp3) is 0.514. The van der Waals surface area contributed by atoms with Gasteiger partial charge in [-0.25, -0.2) is 0 Å². The van der Waals surface area contributed by atoms with Gasteiger partial charge in [0.05, 0.1) is 0 Å². The SMILES string of the molecule is C[C@]12CC[C@H]3[C@@H](CC[C@H]4CC(C5=CC(=O)C=CC5=O)CC[C@@]43C)[C@@H]1CC(c1ccc(-c3ccccc3)cc1)C2. The third-order valence-electron chi connectivity index (χ3n) is 12.3. The Balaban J connectivity index is 1.08. The molecule has 2 aromatic rings. The number of rotatable bonds is 3. The molecular weight excluding hydrogens is 476 g/mol. The van der Waals surface area contributed by atoms with E-state index in [9.17, 15) is 9.59 Å². The Hall–Kier alpha value is -2.74. The lowest BCUT2D eigenvalue weighted by Gasteiger charge is -2.60. The lowest BCUT2D eigenvalue weighted by Crippen LogP contribution is -2.52. The summed E-state index contributed by atoms with van der Waals surface area (Å²) in [6.07, 6.45) is 16.0. The highest BCUT2D eigenvalue weighted by molar-refractivity contribution is 6.17. The minimum Gasteiger partial charge on any atom is -0.290 e. The first-order valence-electron chi connectivity index (χ1n) is 15.5. The number of ketones is 2. The molecule has 8 atom stereocenters. The molecule has 2 nitrogen and oxygen atoms in total. The van der Waals surface area contributed by atoms with Crippen LogP contribution in [-0.2, 0) is 9.59 Å². The van der Waals surface area contributed by atoms with Crippen LogP contribution in [0.1, 0.15) is 83.1 Å². The number of carbonyl (C=O) groups excluding carboxylic acids is 2. The first kappa shape index (κ1) is 25.2. The Morgan fingerprint density at radius 1 is 0.718 bits per heavy atom. The van der Waals surface area contributed by atoms with Gasteiger partial charge in [-0.3, -0.25) is 9.59 Å². The molecule has 0 amide bonds. The second-order valence-electron chi connectivity index (χ2n) is 14.1. The van der Waals surface area contributed by atoms with Gasteiger partial charge in [0.25, 0.3) is 0 Å². The standard InChI is InChI=1S/C37H42O2/c1-36-18-17-33-31(14-12-29-20-27(16-19-37(29,33)2)32-22-30(38)13-15-35(32)39)34(36)21-28(23-36)26-10-8-25(9-11-26)24-6-4-3-5-7-24/h3-11,13,15,22,27-29,31,33-34H,12,14,16-21,23H2,1-2H3/t27?,28?,29-,31+,33-,34-,36+,37-/m0/s1. The maximum atomic E-state index is 12.6. The van der Waals surface area contributed by atoms with Crippen LogP contribution in [0.5, 0.6) is 0 Å². The molecule has 39 heavy (non-hydrogen) atoms. The molecule has 5 aliphatic carbocycles. The van der Waals surface area contributed by atoms with Crippen LogP contribution in [0.4, 0.5) is 0 Å². The van der Waals surface area contributed by atoms with Crippen LogP contribution in [0, 0.1) is 40.4 Å². The molecule has 5 aliphatic rings. The number of carbonyl (C=O) groups is 2. The van der Waals surface area contributed by atoms with Gasteiger partial charge in [-0.05, 0) is 139 Å². The minimum atomic E-state index is -0.0151. The van der Waals surface area contributed by atoms with E-state index in [-0.39, 0.29) is 17.5 Å². The maximum Gasteiger partial charge on any atom is 0.182 e. The predicted molar refractivity (Wildman–Crippen MR) is 157 cm³/mol. The molecule has 4 fully saturated rings. The van der Waals surface area contributed by atoms with Crippen molar-refractivity contribution < 1.29 is 9.59 Å². The molecule has 0 radical (unpaired) electrons. The monoisotopic (exact) mass is 518 g/mol. The van der Waals surface area contributed by atoms with Gasteiger partial charge in [0.15, 0.2) is 11.6 Å². The van der Waals surface area contributed by atoms with E-state index < -0.39 is 0 Å². The molecule has 0 N–H and O–H groups in total. The summed E-state index contributed by atoms with van der Waals surface area (Å²) in [6, 6.07) is 20.2. The summed E-state index contributed by atoms with van der Waals surface area (Å²) in [5.74, 6) is 4.17. The molecule has 7 rings (SSSR count). The van der Waals surface area contributed by atoms with Crippen molar-refractivity contribution in [3.8, 4) is 11.1 Å². The second kappa shape index (κ2) is 9.43. The van der Waals surface area contributed by atoms with Crippen LogP contribution in [-0.4, -0.2) is 11.6 Å². The molecule has 2 aromatic carbocycles. The molecule has 202 valence electrons. The Morgan fingerprint density at radius 3 is 2.28 bits per heavy atom. The Bertz CT molecular complexity index is 1330. The summed E-state index contributed by atoms with van der Waals surface area (Å²) in [4.78, 5) is 24.6. The highest BCUT2D eigenvalue weighted by atomic mass is 16.1. The lowest BCUT2D eigenvalue weighted by molar-refractivity contribution is -0.118. The fourth-order valence-electron chi connectivity index (χ4n) is 10.3. The van der Waals surface area contributed by atoms with Crippen molar-refractivity contribution in [2.45, 2.75) is 77.6 Å². The molecule has 0 spiro atoms. The predicted octanol–water partition coefficient (Wildman–Crippen LogP) is 8.73. The zero-order valence-corrected chi connectivity index (χ0v) is 23.6. The summed E-state index contributed by atoms with van der Waals surface area (Å²) < 4.78 is 0. The van der Waals surface area contributed by atoms with Crippen molar-refractivity contribution in [3.05, 3.63) is 84.0 Å². The van der Waals surface area contributed by atoms with Gasteiger partial charge >= 0.3 is 0 Å². The number of hydrogen-bond acceptors (Lipinski definition) is 2. The average molecular weight is 519 g/mol. The van der Waals surface area contributed by atoms with Gasteiger partial charge < -0.3 is 0 Å². The maximum absolute atomic E-state index is 12.6. The average Bonchev–Trinajstić information content (AvgIpc) is 3.32. The molecule has 4 saturated carbocycles. The van der Waals surface area contributed by atoms with E-state index >= 15 is 0 Å². The molecule has 0 bridgehead atoms. The zero-order chi connectivity index (χ0) is 26.8. The first-order chi connectivity index (χ1) is 18.8. The van der Waals surface area contributed by atoms with Gasteiger partial charge in [0, 0.05) is 5.57 Å². The summed E-state index contributed by atoms with van der Waals surface area (Å²) >= 11 is 0. The molecule has 0 heterocycles. The largest absolute Gasteiger partial charge is 0.290 e. The van der Waals surface area contributed by atoms with E-state index in [0.717, 1.165) is 36.2 Å². The Labute approximate surface area is 234 Å². The molecular formula is C37H42O2. The molecule has 0 saturated heterocycles. The summed E-state index contributed by atoms with van der Waals surface area (Å²) in [5.41, 5.74) is 5.79. The third-order valence-corrected chi connectivity index (χ3v) is 12.3. The highest BCUT2D eigenvalue weighted by Crippen LogP contribution is 2.68. The Morgan fingerprint density at radius 2 is 1.49 bits per heavy atom. The van der Waals surface area contributed by atoms with Crippen LogP contribution in [0.25, 0.3) is 11.1 Å². The van der Waals surface area contributed by atoms with E-state index in [1.165, 1.54) is 73.8 Å².